The summed E-state index contributed by atoms with van der Waals surface area (Å²) in [6.45, 7) is 2.48. The summed E-state index contributed by atoms with van der Waals surface area (Å²) in [5.74, 6) is -0.710. The van der Waals surface area contributed by atoms with E-state index in [-0.39, 0.29) is 17.7 Å². The maximum atomic E-state index is 12.2. The quantitative estimate of drug-likeness (QED) is 0.675. The Labute approximate surface area is 140 Å². The van der Waals surface area contributed by atoms with E-state index in [1.807, 2.05) is 0 Å². The molecule has 1 unspecified atom stereocenters. The molecule has 1 aromatic rings. The fraction of sp³-hybridized carbons (Fsp3) is 0.588. The van der Waals surface area contributed by atoms with E-state index in [4.69, 9.17) is 9.47 Å². The summed E-state index contributed by atoms with van der Waals surface area (Å²) in [4.78, 5) is 22.6. The van der Waals surface area contributed by atoms with Crippen molar-refractivity contribution in [2.75, 3.05) is 13.2 Å². The first kappa shape index (κ1) is 16.9. The monoisotopic (exact) mass is 334 g/mol. The van der Waals surface area contributed by atoms with Crippen molar-refractivity contribution in [2.24, 2.45) is 0 Å². The summed E-state index contributed by atoms with van der Waals surface area (Å²) in [6.07, 6.45) is 5.13. The van der Waals surface area contributed by atoms with Gasteiger partial charge in [0.1, 0.15) is 6.10 Å². The van der Waals surface area contributed by atoms with E-state index < -0.39 is 10.7 Å². The van der Waals surface area contributed by atoms with E-state index in [2.05, 4.69) is 5.32 Å². The molecule has 2 fully saturated rings. The largest absolute Gasteiger partial charge is 0.349 e. The Hall–Kier alpha value is -1.99. The number of rotatable bonds is 4. The molecule has 7 nitrogen and oxygen atoms in total. The zero-order chi connectivity index (χ0) is 17.2. The molecule has 0 radical (unpaired) electrons. The number of ether oxygens (including phenoxy) is 2. The molecule has 24 heavy (non-hydrogen) atoms. The maximum absolute atomic E-state index is 12.2. The third-order valence-corrected chi connectivity index (χ3v) is 4.68. The zero-order valence-electron chi connectivity index (χ0n) is 13.7. The number of nitrogens with zero attached hydrogens (tertiary/aromatic N) is 1. The van der Waals surface area contributed by atoms with Crippen LogP contribution in [0.4, 0.5) is 5.69 Å². The standard InChI is InChI=1S/C17H22N2O5/c1-12-9-13(5-6-15(12)19(21)22)16(20)18-10-14-11-23-17(24-14)7-3-2-4-8-17/h5-6,9,14H,2-4,7-8,10-11H2,1H3,(H,18,20). The van der Waals surface area contributed by atoms with Crippen LogP contribution in [0, 0.1) is 17.0 Å². The molecule has 1 amide bonds. The molecule has 1 saturated carbocycles. The highest BCUT2D eigenvalue weighted by Crippen LogP contribution is 2.37. The van der Waals surface area contributed by atoms with Gasteiger partial charge in [0.15, 0.2) is 5.79 Å². The summed E-state index contributed by atoms with van der Waals surface area (Å²) < 4.78 is 11.9. The number of benzene rings is 1. The SMILES string of the molecule is Cc1cc(C(=O)NCC2COC3(CCCCC3)O2)ccc1[N+](=O)[O-]. The number of nitro groups is 1. The molecular formula is C17H22N2O5. The minimum absolute atomic E-state index is 0.0123. The van der Waals surface area contributed by atoms with Gasteiger partial charge in [0.2, 0.25) is 0 Å². The van der Waals surface area contributed by atoms with E-state index in [9.17, 15) is 14.9 Å². The van der Waals surface area contributed by atoms with Crippen molar-refractivity contribution in [3.8, 4) is 0 Å². The second kappa shape index (κ2) is 6.86. The van der Waals surface area contributed by atoms with Crippen LogP contribution in [0.2, 0.25) is 0 Å². The first-order chi connectivity index (χ1) is 11.5. The minimum Gasteiger partial charge on any atom is -0.349 e. The van der Waals surface area contributed by atoms with E-state index in [0.29, 0.717) is 24.3 Å². The molecule has 1 N–H and O–H groups in total. The first-order valence-electron chi connectivity index (χ1n) is 8.34. The summed E-state index contributed by atoms with van der Waals surface area (Å²) in [7, 11) is 0. The molecule has 2 aliphatic rings. The van der Waals surface area contributed by atoms with E-state index in [1.54, 1.807) is 6.92 Å². The van der Waals surface area contributed by atoms with Gasteiger partial charge in [-0.1, -0.05) is 6.42 Å². The Bertz CT molecular complexity index is 640. The van der Waals surface area contributed by atoms with E-state index >= 15 is 0 Å². The van der Waals surface area contributed by atoms with Gasteiger partial charge in [-0.2, -0.15) is 0 Å². The van der Waals surface area contributed by atoms with Gasteiger partial charge in [-0.25, -0.2) is 0 Å². The van der Waals surface area contributed by atoms with Gasteiger partial charge < -0.3 is 14.8 Å². The third-order valence-electron chi connectivity index (χ3n) is 4.68. The lowest BCUT2D eigenvalue weighted by atomic mass is 9.94. The molecule has 130 valence electrons. The lowest BCUT2D eigenvalue weighted by Crippen LogP contribution is -2.37. The van der Waals surface area contributed by atoms with Crippen LogP contribution in [-0.4, -0.2) is 35.9 Å². The summed E-state index contributed by atoms with van der Waals surface area (Å²) in [6, 6.07) is 4.35. The summed E-state index contributed by atoms with van der Waals surface area (Å²) in [5, 5.41) is 13.6. The highest BCUT2D eigenvalue weighted by Gasteiger charge is 2.42. The number of nitrogens with one attached hydrogen (secondary N) is 1. The molecular weight excluding hydrogens is 312 g/mol. The first-order valence-corrected chi connectivity index (χ1v) is 8.34. The Morgan fingerprint density at radius 3 is 2.79 bits per heavy atom. The van der Waals surface area contributed by atoms with Gasteiger partial charge >= 0.3 is 0 Å². The Morgan fingerprint density at radius 1 is 1.38 bits per heavy atom. The third kappa shape index (κ3) is 3.57. The predicted molar refractivity (Wildman–Crippen MR) is 86.8 cm³/mol. The van der Waals surface area contributed by atoms with Crippen molar-refractivity contribution in [2.45, 2.75) is 50.9 Å². The predicted octanol–water partition coefficient (Wildman–Crippen LogP) is 2.71. The van der Waals surface area contributed by atoms with Crippen molar-refractivity contribution in [1.82, 2.24) is 5.32 Å². The molecule has 3 rings (SSSR count). The smallest absolute Gasteiger partial charge is 0.272 e. The normalized spacial score (nSPS) is 22.5. The molecule has 1 aliphatic heterocycles. The summed E-state index contributed by atoms with van der Waals surface area (Å²) in [5.41, 5.74) is 0.886. The number of carbonyl (C=O) groups is 1. The van der Waals surface area contributed by atoms with Crippen molar-refractivity contribution >= 4 is 11.6 Å². The van der Waals surface area contributed by atoms with Crippen molar-refractivity contribution in [3.05, 3.63) is 39.4 Å². The average molecular weight is 334 g/mol. The van der Waals surface area contributed by atoms with Crippen molar-refractivity contribution in [3.63, 3.8) is 0 Å². The molecule has 7 heteroatoms. The van der Waals surface area contributed by atoms with Crippen molar-refractivity contribution < 1.29 is 19.2 Å². The van der Waals surface area contributed by atoms with Crippen LogP contribution in [0.25, 0.3) is 0 Å². The highest BCUT2D eigenvalue weighted by atomic mass is 16.7. The van der Waals surface area contributed by atoms with Gasteiger partial charge in [-0.3, -0.25) is 14.9 Å². The van der Waals surface area contributed by atoms with E-state index in [0.717, 1.165) is 25.7 Å². The fourth-order valence-corrected chi connectivity index (χ4v) is 3.38. The van der Waals surface area contributed by atoms with Gasteiger partial charge in [-0.05, 0) is 31.9 Å². The number of aryl methyl sites for hydroxylation is 1. The Morgan fingerprint density at radius 2 is 2.12 bits per heavy atom. The number of carbonyl (C=O) groups excluding carboxylic acids is 1. The molecule has 1 saturated heterocycles. The lowest BCUT2D eigenvalue weighted by molar-refractivity contribution is -0.385. The molecule has 1 heterocycles. The average Bonchev–Trinajstić information content (AvgIpc) is 2.95. The fourth-order valence-electron chi connectivity index (χ4n) is 3.38. The second-order valence-electron chi connectivity index (χ2n) is 6.49. The van der Waals surface area contributed by atoms with Gasteiger partial charge in [0.05, 0.1) is 11.5 Å². The zero-order valence-corrected chi connectivity index (χ0v) is 13.7. The number of hydrogen-bond donors (Lipinski definition) is 1. The Kier molecular flexibility index (Phi) is 4.82. The number of nitro benzene ring substituents is 1. The second-order valence-corrected chi connectivity index (χ2v) is 6.49. The van der Waals surface area contributed by atoms with Crippen LogP contribution in [0.5, 0.6) is 0 Å². The molecule has 1 aromatic carbocycles. The molecule has 0 aromatic heterocycles. The maximum Gasteiger partial charge on any atom is 0.272 e. The van der Waals surface area contributed by atoms with Gasteiger partial charge in [-0.15, -0.1) is 0 Å². The molecule has 1 spiro atoms. The lowest BCUT2D eigenvalue weighted by Gasteiger charge is -2.31. The van der Waals surface area contributed by atoms with Crippen molar-refractivity contribution in [1.29, 1.82) is 0 Å². The Balaban J connectivity index is 1.54. The van der Waals surface area contributed by atoms with Gasteiger partial charge in [0.25, 0.3) is 11.6 Å². The number of amides is 1. The highest BCUT2D eigenvalue weighted by molar-refractivity contribution is 5.94. The van der Waals surface area contributed by atoms with Crippen LogP contribution in [0.3, 0.4) is 0 Å². The van der Waals surface area contributed by atoms with E-state index in [1.165, 1.54) is 24.6 Å². The van der Waals surface area contributed by atoms with Crippen LogP contribution in [0.1, 0.15) is 48.0 Å². The van der Waals surface area contributed by atoms with Crippen LogP contribution >= 0.6 is 0 Å². The minimum atomic E-state index is -0.454. The van der Waals surface area contributed by atoms with Crippen LogP contribution < -0.4 is 5.32 Å². The molecule has 0 bridgehead atoms. The van der Waals surface area contributed by atoms with Gasteiger partial charge in [0, 0.05) is 36.6 Å². The van der Waals surface area contributed by atoms with Crippen LogP contribution in [-0.2, 0) is 9.47 Å². The van der Waals surface area contributed by atoms with Crippen LogP contribution in [0.15, 0.2) is 18.2 Å². The molecule has 1 aliphatic carbocycles. The number of hydrogen-bond acceptors (Lipinski definition) is 5. The topological polar surface area (TPSA) is 90.7 Å². The summed E-state index contributed by atoms with van der Waals surface area (Å²) >= 11 is 0. The molecule has 1 atom stereocenters.